The third kappa shape index (κ3) is 2.80. The smallest absolute Gasteiger partial charge is 0.360 e. The van der Waals surface area contributed by atoms with Gasteiger partial charge in [-0.2, -0.15) is 11.8 Å². The Morgan fingerprint density at radius 2 is 2.22 bits per heavy atom. The number of methoxy groups -OCH3 is 1. The lowest BCUT2D eigenvalue weighted by molar-refractivity contribution is 0.0595. The number of nitrogen functional groups attached to an aromatic ring is 1. The van der Waals surface area contributed by atoms with Gasteiger partial charge in [-0.15, -0.1) is 0 Å². The van der Waals surface area contributed by atoms with Gasteiger partial charge in [0.15, 0.2) is 5.69 Å². The highest BCUT2D eigenvalue weighted by Crippen LogP contribution is 2.26. The molecule has 1 rings (SSSR count). The lowest BCUT2D eigenvalue weighted by Crippen LogP contribution is -2.16. The van der Waals surface area contributed by atoms with Crippen LogP contribution in [0.25, 0.3) is 0 Å². The van der Waals surface area contributed by atoms with Crippen LogP contribution in [0.2, 0.25) is 0 Å². The number of hydrogen-bond acceptors (Lipinski definition) is 5. The van der Waals surface area contributed by atoms with E-state index in [0.29, 0.717) is 5.82 Å². The van der Waals surface area contributed by atoms with E-state index >= 15 is 0 Å². The second-order valence-corrected chi connectivity index (χ2v) is 4.91. The maximum absolute atomic E-state index is 11.6. The van der Waals surface area contributed by atoms with Crippen LogP contribution < -0.4 is 5.73 Å². The van der Waals surface area contributed by atoms with Crippen LogP contribution in [0.4, 0.5) is 5.82 Å². The first-order valence-electron chi connectivity index (χ1n) is 6.04. The van der Waals surface area contributed by atoms with Gasteiger partial charge in [-0.25, -0.2) is 9.78 Å². The van der Waals surface area contributed by atoms with Crippen molar-refractivity contribution in [3.63, 3.8) is 0 Å². The Labute approximate surface area is 112 Å². The van der Waals surface area contributed by atoms with Crippen LogP contribution in [0.1, 0.15) is 42.6 Å². The Hall–Kier alpha value is -1.17. The zero-order chi connectivity index (χ0) is 13.7. The summed E-state index contributed by atoms with van der Waals surface area (Å²) in [5.41, 5.74) is 6.28. The van der Waals surface area contributed by atoms with Crippen molar-refractivity contribution in [3.8, 4) is 0 Å². The number of nitrogens with two attached hydrogens (primary N) is 1. The van der Waals surface area contributed by atoms with Crippen LogP contribution in [0.5, 0.6) is 0 Å². The normalized spacial score (nSPS) is 12.4. The molecule has 0 saturated heterocycles. The van der Waals surface area contributed by atoms with E-state index in [1.54, 1.807) is 11.8 Å². The summed E-state index contributed by atoms with van der Waals surface area (Å²) in [5.74, 6) is 1.73. The van der Waals surface area contributed by atoms with Crippen molar-refractivity contribution >= 4 is 23.5 Å². The molecule has 0 aliphatic carbocycles. The second kappa shape index (κ2) is 6.68. The number of nitrogens with zero attached hydrogens (tertiary/aromatic N) is 2. The number of aromatic nitrogens is 2. The minimum absolute atomic E-state index is 0.230. The van der Waals surface area contributed by atoms with Crippen molar-refractivity contribution < 1.29 is 9.53 Å². The summed E-state index contributed by atoms with van der Waals surface area (Å²) < 4.78 is 6.68. The van der Waals surface area contributed by atoms with Crippen molar-refractivity contribution in [1.29, 1.82) is 0 Å². The molecule has 0 amide bonds. The summed E-state index contributed by atoms with van der Waals surface area (Å²) in [7, 11) is 1.34. The van der Waals surface area contributed by atoms with E-state index in [9.17, 15) is 4.79 Å². The predicted molar refractivity (Wildman–Crippen MR) is 75.1 cm³/mol. The molecule has 1 heterocycles. The van der Waals surface area contributed by atoms with Crippen molar-refractivity contribution in [2.45, 2.75) is 32.7 Å². The topological polar surface area (TPSA) is 70.1 Å². The molecule has 0 radical (unpaired) electrons. The molecule has 2 N–H and O–H groups in total. The fourth-order valence-electron chi connectivity index (χ4n) is 1.96. The largest absolute Gasteiger partial charge is 0.464 e. The molecule has 0 fully saturated rings. The highest BCUT2D eigenvalue weighted by Gasteiger charge is 2.23. The molecule has 1 atom stereocenters. The molecule has 102 valence electrons. The van der Waals surface area contributed by atoms with E-state index in [1.807, 2.05) is 11.5 Å². The summed E-state index contributed by atoms with van der Waals surface area (Å²) in [5, 5.41) is 0. The van der Waals surface area contributed by atoms with E-state index in [1.165, 1.54) is 7.11 Å². The molecule has 0 aromatic carbocycles. The Bertz CT molecular complexity index is 418. The first-order chi connectivity index (χ1) is 8.60. The summed E-state index contributed by atoms with van der Waals surface area (Å²) in [6.45, 7) is 4.11. The number of imidazole rings is 1. The number of esters is 1. The lowest BCUT2D eigenvalue weighted by atomic mass is 10.2. The average molecular weight is 271 g/mol. The highest BCUT2D eigenvalue weighted by molar-refractivity contribution is 7.98. The van der Waals surface area contributed by atoms with Gasteiger partial charge in [-0.1, -0.05) is 13.8 Å². The third-order valence-electron chi connectivity index (χ3n) is 2.91. The Morgan fingerprint density at radius 3 is 2.67 bits per heavy atom. The minimum atomic E-state index is -0.472. The number of hydrogen-bond donors (Lipinski definition) is 1. The van der Waals surface area contributed by atoms with Gasteiger partial charge in [0.1, 0.15) is 11.6 Å². The SMILES string of the molecule is CCc1nc(C(=O)OC)c(N)n1C(CC)CSC. The Morgan fingerprint density at radius 1 is 1.56 bits per heavy atom. The summed E-state index contributed by atoms with van der Waals surface area (Å²) in [6.07, 6.45) is 3.75. The maximum atomic E-state index is 11.6. The van der Waals surface area contributed by atoms with Crippen molar-refractivity contribution in [2.75, 3.05) is 24.9 Å². The van der Waals surface area contributed by atoms with E-state index in [-0.39, 0.29) is 11.7 Å². The van der Waals surface area contributed by atoms with Gasteiger partial charge in [-0.3, -0.25) is 0 Å². The van der Waals surface area contributed by atoms with Crippen LogP contribution in [0, 0.1) is 0 Å². The Kier molecular flexibility index (Phi) is 5.53. The molecule has 6 heteroatoms. The first-order valence-corrected chi connectivity index (χ1v) is 7.43. The molecule has 0 aliphatic heterocycles. The van der Waals surface area contributed by atoms with E-state index in [4.69, 9.17) is 10.5 Å². The van der Waals surface area contributed by atoms with Crippen LogP contribution in [0.3, 0.4) is 0 Å². The average Bonchev–Trinajstić information content (AvgIpc) is 2.72. The van der Waals surface area contributed by atoms with Gasteiger partial charge < -0.3 is 15.0 Å². The monoisotopic (exact) mass is 271 g/mol. The number of ether oxygens (including phenoxy) is 1. The minimum Gasteiger partial charge on any atom is -0.464 e. The molecular formula is C12H21N3O2S. The molecule has 18 heavy (non-hydrogen) atoms. The predicted octanol–water partition coefficient (Wildman–Crippen LogP) is 2.13. The number of carbonyl (C=O) groups is 1. The summed E-state index contributed by atoms with van der Waals surface area (Å²) >= 11 is 1.76. The molecule has 5 nitrogen and oxygen atoms in total. The molecule has 1 unspecified atom stereocenters. The van der Waals surface area contributed by atoms with E-state index in [0.717, 1.165) is 24.4 Å². The van der Waals surface area contributed by atoms with Gasteiger partial charge in [0.2, 0.25) is 0 Å². The van der Waals surface area contributed by atoms with Crippen LogP contribution in [0.15, 0.2) is 0 Å². The molecule has 0 aliphatic rings. The number of rotatable bonds is 6. The highest BCUT2D eigenvalue weighted by atomic mass is 32.2. The summed E-state index contributed by atoms with van der Waals surface area (Å²) in [4.78, 5) is 15.9. The maximum Gasteiger partial charge on any atom is 0.360 e. The van der Waals surface area contributed by atoms with E-state index < -0.39 is 5.97 Å². The van der Waals surface area contributed by atoms with Crippen molar-refractivity contribution in [1.82, 2.24) is 9.55 Å². The van der Waals surface area contributed by atoms with Crippen molar-refractivity contribution in [2.24, 2.45) is 0 Å². The summed E-state index contributed by atoms with van der Waals surface area (Å²) in [6, 6.07) is 0.265. The molecule has 1 aromatic heterocycles. The van der Waals surface area contributed by atoms with Crippen LogP contribution >= 0.6 is 11.8 Å². The van der Waals surface area contributed by atoms with E-state index in [2.05, 4.69) is 18.2 Å². The fraction of sp³-hybridized carbons (Fsp3) is 0.667. The molecule has 1 aromatic rings. The van der Waals surface area contributed by atoms with Gasteiger partial charge in [-0.05, 0) is 12.7 Å². The Balaban J connectivity index is 3.24. The van der Waals surface area contributed by atoms with Gasteiger partial charge in [0.25, 0.3) is 0 Å². The molecule has 0 spiro atoms. The fourth-order valence-corrected chi connectivity index (χ4v) is 2.73. The number of thioether (sulfide) groups is 1. The van der Waals surface area contributed by atoms with Gasteiger partial charge in [0, 0.05) is 18.2 Å². The number of anilines is 1. The lowest BCUT2D eigenvalue weighted by Gasteiger charge is -2.19. The molecule has 0 saturated carbocycles. The zero-order valence-corrected chi connectivity index (χ0v) is 12.2. The third-order valence-corrected chi connectivity index (χ3v) is 3.63. The molecular weight excluding hydrogens is 250 g/mol. The standard InChI is InChI=1S/C12H21N3O2S/c1-5-8(7-18-4)15-9(6-2)14-10(11(15)13)12(16)17-3/h8H,5-7,13H2,1-4H3. The van der Waals surface area contributed by atoms with Crippen molar-refractivity contribution in [3.05, 3.63) is 11.5 Å². The zero-order valence-electron chi connectivity index (χ0n) is 11.4. The van der Waals surface area contributed by atoms with Gasteiger partial charge >= 0.3 is 5.97 Å². The van der Waals surface area contributed by atoms with Crippen LogP contribution in [-0.2, 0) is 11.2 Å². The first kappa shape index (κ1) is 14.9. The second-order valence-electron chi connectivity index (χ2n) is 3.99. The number of carbonyl (C=O) groups excluding carboxylic acids is 1. The van der Waals surface area contributed by atoms with Gasteiger partial charge in [0.05, 0.1) is 7.11 Å². The molecule has 0 bridgehead atoms. The quantitative estimate of drug-likeness (QED) is 0.803. The number of aryl methyl sites for hydroxylation is 1. The van der Waals surface area contributed by atoms with Crippen LogP contribution in [-0.4, -0.2) is 34.6 Å².